The lowest BCUT2D eigenvalue weighted by Crippen LogP contribution is -1.97. The maximum atomic E-state index is 5.16. The molecule has 0 unspecified atom stereocenters. The third-order valence-electron chi connectivity index (χ3n) is 5.89. The van der Waals surface area contributed by atoms with Crippen molar-refractivity contribution in [2.24, 2.45) is 0 Å². The van der Waals surface area contributed by atoms with Crippen molar-refractivity contribution in [2.75, 3.05) is 0 Å². The zero-order valence-corrected chi connectivity index (χ0v) is 17.7. The molecule has 3 heteroatoms. The molecule has 0 aliphatic carbocycles. The molecule has 6 rings (SSSR count). The van der Waals surface area contributed by atoms with Crippen molar-refractivity contribution >= 4 is 21.8 Å². The molecule has 0 fully saturated rings. The van der Waals surface area contributed by atoms with Gasteiger partial charge >= 0.3 is 0 Å². The topological polar surface area (TPSA) is 30.7 Å². The fraction of sp³-hybridized carbons (Fsp3) is 0.0345. The molecule has 0 saturated heterocycles. The van der Waals surface area contributed by atoms with Crippen LogP contribution in [0.3, 0.4) is 0 Å². The SMILES string of the molecule is Cc1ccc(-c2nc3ccccc3c3c2c(-c2ccccc2)nn3-c2ccccc2)cc1. The van der Waals surface area contributed by atoms with Crippen LogP contribution in [0.15, 0.2) is 109 Å². The normalized spacial score (nSPS) is 11.3. The van der Waals surface area contributed by atoms with E-state index in [1.807, 2.05) is 18.2 Å². The maximum absolute atomic E-state index is 5.16. The Hall–Kier alpha value is -4.24. The molecule has 0 N–H and O–H groups in total. The molecule has 2 aromatic heterocycles. The number of fused-ring (bicyclic) bond motifs is 3. The number of rotatable bonds is 3. The maximum Gasteiger partial charge on any atom is 0.103 e. The van der Waals surface area contributed by atoms with Crippen LogP contribution in [0.4, 0.5) is 0 Å². The Kier molecular flexibility index (Phi) is 4.32. The average Bonchev–Trinajstić information content (AvgIpc) is 3.26. The number of aromatic nitrogens is 3. The zero-order chi connectivity index (χ0) is 21.5. The Balaban J connectivity index is 1.82. The molecular formula is C29H21N3. The van der Waals surface area contributed by atoms with Crippen molar-refractivity contribution in [1.82, 2.24) is 14.8 Å². The number of pyridine rings is 1. The first-order valence-corrected chi connectivity index (χ1v) is 10.8. The van der Waals surface area contributed by atoms with Gasteiger partial charge in [0.1, 0.15) is 5.69 Å². The van der Waals surface area contributed by atoms with Crippen molar-refractivity contribution < 1.29 is 0 Å². The van der Waals surface area contributed by atoms with Crippen LogP contribution in [0.5, 0.6) is 0 Å². The lowest BCUT2D eigenvalue weighted by atomic mass is 9.99. The third-order valence-corrected chi connectivity index (χ3v) is 5.89. The van der Waals surface area contributed by atoms with Crippen molar-refractivity contribution in [2.45, 2.75) is 6.92 Å². The van der Waals surface area contributed by atoms with E-state index in [4.69, 9.17) is 10.1 Å². The summed E-state index contributed by atoms with van der Waals surface area (Å²) >= 11 is 0. The van der Waals surface area contributed by atoms with Crippen LogP contribution in [-0.4, -0.2) is 14.8 Å². The second-order valence-electron chi connectivity index (χ2n) is 8.03. The van der Waals surface area contributed by atoms with Gasteiger partial charge in [0.2, 0.25) is 0 Å². The molecule has 0 bridgehead atoms. The molecule has 6 aromatic rings. The first-order chi connectivity index (χ1) is 15.8. The quantitative estimate of drug-likeness (QED) is 0.308. The lowest BCUT2D eigenvalue weighted by Gasteiger charge is -2.10. The molecule has 0 atom stereocenters. The Morgan fingerprint density at radius 1 is 0.594 bits per heavy atom. The summed E-state index contributed by atoms with van der Waals surface area (Å²) in [5.74, 6) is 0. The Morgan fingerprint density at radius 3 is 1.97 bits per heavy atom. The van der Waals surface area contributed by atoms with E-state index in [2.05, 4.69) is 103 Å². The predicted octanol–water partition coefficient (Wildman–Crippen LogP) is 7.22. The summed E-state index contributed by atoms with van der Waals surface area (Å²) in [6.45, 7) is 2.11. The Bertz CT molecular complexity index is 1550. The van der Waals surface area contributed by atoms with Gasteiger partial charge in [-0.2, -0.15) is 5.10 Å². The molecule has 0 radical (unpaired) electrons. The smallest absolute Gasteiger partial charge is 0.103 e. The van der Waals surface area contributed by atoms with Crippen LogP contribution in [0.25, 0.3) is 50.0 Å². The van der Waals surface area contributed by atoms with Gasteiger partial charge in [0.15, 0.2) is 0 Å². The number of para-hydroxylation sites is 2. The van der Waals surface area contributed by atoms with Crippen LogP contribution >= 0.6 is 0 Å². The minimum absolute atomic E-state index is 0.943. The van der Waals surface area contributed by atoms with E-state index < -0.39 is 0 Å². The fourth-order valence-corrected chi connectivity index (χ4v) is 4.31. The Morgan fingerprint density at radius 2 is 1.22 bits per heavy atom. The van der Waals surface area contributed by atoms with E-state index in [1.54, 1.807) is 0 Å². The predicted molar refractivity (Wildman–Crippen MR) is 132 cm³/mol. The highest BCUT2D eigenvalue weighted by Crippen LogP contribution is 2.39. The second-order valence-corrected chi connectivity index (χ2v) is 8.03. The molecule has 0 amide bonds. The van der Waals surface area contributed by atoms with Gasteiger partial charge in [-0.15, -0.1) is 0 Å². The first kappa shape index (κ1) is 18.5. The molecule has 0 spiro atoms. The van der Waals surface area contributed by atoms with E-state index >= 15 is 0 Å². The minimum atomic E-state index is 0.943. The third kappa shape index (κ3) is 2.98. The molecule has 2 heterocycles. The monoisotopic (exact) mass is 411 g/mol. The minimum Gasteiger partial charge on any atom is -0.247 e. The summed E-state index contributed by atoms with van der Waals surface area (Å²) in [7, 11) is 0. The standard InChI is InChI=1S/C29H21N3/c1-20-16-18-22(19-17-20)27-26-28(21-10-4-2-5-11-21)31-32(23-12-6-3-7-13-23)29(26)24-14-8-9-15-25(24)30-27/h2-19H,1H3. The van der Waals surface area contributed by atoms with Gasteiger partial charge in [0.25, 0.3) is 0 Å². The summed E-state index contributed by atoms with van der Waals surface area (Å²) in [6, 6.07) is 37.6. The molecule has 0 saturated carbocycles. The summed E-state index contributed by atoms with van der Waals surface area (Å²) in [5.41, 5.74) is 8.38. The second kappa shape index (κ2) is 7.47. The lowest BCUT2D eigenvalue weighted by molar-refractivity contribution is 0.918. The van der Waals surface area contributed by atoms with Crippen LogP contribution in [0.2, 0.25) is 0 Å². The van der Waals surface area contributed by atoms with Gasteiger partial charge < -0.3 is 0 Å². The van der Waals surface area contributed by atoms with Gasteiger partial charge in [0.05, 0.1) is 27.8 Å². The fourth-order valence-electron chi connectivity index (χ4n) is 4.31. The van der Waals surface area contributed by atoms with Gasteiger partial charge in [-0.25, -0.2) is 9.67 Å². The first-order valence-electron chi connectivity index (χ1n) is 10.8. The molecule has 0 aliphatic rings. The highest BCUT2D eigenvalue weighted by Gasteiger charge is 2.21. The number of aryl methyl sites for hydroxylation is 1. The molecule has 32 heavy (non-hydrogen) atoms. The molecule has 4 aromatic carbocycles. The van der Waals surface area contributed by atoms with Crippen molar-refractivity contribution in [3.63, 3.8) is 0 Å². The van der Waals surface area contributed by atoms with E-state index in [0.29, 0.717) is 0 Å². The van der Waals surface area contributed by atoms with Crippen molar-refractivity contribution in [3.8, 4) is 28.2 Å². The van der Waals surface area contributed by atoms with Crippen LogP contribution < -0.4 is 0 Å². The summed E-state index contributed by atoms with van der Waals surface area (Å²) in [4.78, 5) is 5.14. The Labute approximate surface area is 186 Å². The van der Waals surface area contributed by atoms with Gasteiger partial charge in [-0.05, 0) is 25.1 Å². The molecule has 3 nitrogen and oxygen atoms in total. The van der Waals surface area contributed by atoms with Crippen LogP contribution in [0.1, 0.15) is 5.56 Å². The van der Waals surface area contributed by atoms with Crippen LogP contribution in [-0.2, 0) is 0 Å². The zero-order valence-electron chi connectivity index (χ0n) is 17.7. The highest BCUT2D eigenvalue weighted by molar-refractivity contribution is 6.14. The van der Waals surface area contributed by atoms with Gasteiger partial charge in [0, 0.05) is 16.5 Å². The number of hydrogen-bond donors (Lipinski definition) is 0. The summed E-state index contributed by atoms with van der Waals surface area (Å²) in [6.07, 6.45) is 0. The number of nitrogens with zero attached hydrogens (tertiary/aromatic N) is 3. The summed E-state index contributed by atoms with van der Waals surface area (Å²) in [5, 5.41) is 7.33. The van der Waals surface area contributed by atoms with E-state index in [-0.39, 0.29) is 0 Å². The number of benzene rings is 4. The number of hydrogen-bond acceptors (Lipinski definition) is 2. The van der Waals surface area contributed by atoms with Crippen LogP contribution in [0, 0.1) is 6.92 Å². The summed E-state index contributed by atoms with van der Waals surface area (Å²) < 4.78 is 2.07. The van der Waals surface area contributed by atoms with Gasteiger partial charge in [-0.1, -0.05) is 96.6 Å². The van der Waals surface area contributed by atoms with Gasteiger partial charge in [-0.3, -0.25) is 0 Å². The molecule has 152 valence electrons. The van der Waals surface area contributed by atoms with E-state index in [9.17, 15) is 0 Å². The molecular weight excluding hydrogens is 390 g/mol. The highest BCUT2D eigenvalue weighted by atomic mass is 15.3. The van der Waals surface area contributed by atoms with Crippen molar-refractivity contribution in [3.05, 3.63) is 115 Å². The van der Waals surface area contributed by atoms with E-state index in [1.165, 1.54) is 5.56 Å². The average molecular weight is 412 g/mol. The molecule has 0 aliphatic heterocycles. The van der Waals surface area contributed by atoms with E-state index in [0.717, 1.165) is 50.0 Å². The van der Waals surface area contributed by atoms with Crippen molar-refractivity contribution in [1.29, 1.82) is 0 Å². The largest absolute Gasteiger partial charge is 0.247 e.